The Kier molecular flexibility index (Phi) is 6.16. The summed E-state index contributed by atoms with van der Waals surface area (Å²) in [7, 11) is 0. The fraction of sp³-hybridized carbons (Fsp3) is 0.222. The van der Waals surface area contributed by atoms with Gasteiger partial charge in [-0.05, 0) is 24.6 Å². The highest BCUT2D eigenvalue weighted by atomic mass is 19.1. The van der Waals surface area contributed by atoms with Crippen molar-refractivity contribution in [1.82, 2.24) is 5.32 Å². The van der Waals surface area contributed by atoms with Gasteiger partial charge >= 0.3 is 5.97 Å². The van der Waals surface area contributed by atoms with E-state index in [4.69, 9.17) is 4.74 Å². The molecule has 0 aliphatic rings. The van der Waals surface area contributed by atoms with Crippen LogP contribution in [0, 0.1) is 17.5 Å². The summed E-state index contributed by atoms with van der Waals surface area (Å²) in [6, 6.07) is 8.01. The number of carbonyl (C=O) groups is 2. The predicted molar refractivity (Wildman–Crippen MR) is 84.0 cm³/mol. The molecule has 0 heterocycles. The second-order valence-corrected chi connectivity index (χ2v) is 5.38. The highest BCUT2D eigenvalue weighted by molar-refractivity contribution is 5.81. The van der Waals surface area contributed by atoms with Crippen molar-refractivity contribution in [2.75, 3.05) is 6.61 Å². The normalized spacial score (nSPS) is 11.7. The van der Waals surface area contributed by atoms with Crippen molar-refractivity contribution in [2.24, 2.45) is 0 Å². The summed E-state index contributed by atoms with van der Waals surface area (Å²) >= 11 is 0. The molecule has 7 heteroatoms. The Morgan fingerprint density at radius 2 is 1.80 bits per heavy atom. The van der Waals surface area contributed by atoms with Gasteiger partial charge in [0.15, 0.2) is 6.61 Å². The molecule has 0 fully saturated rings. The van der Waals surface area contributed by atoms with Crippen molar-refractivity contribution in [3.63, 3.8) is 0 Å². The van der Waals surface area contributed by atoms with E-state index in [9.17, 15) is 22.8 Å². The Bertz CT molecular complexity index is 780. The number of amides is 1. The second kappa shape index (κ2) is 8.32. The maximum Gasteiger partial charge on any atom is 0.310 e. The van der Waals surface area contributed by atoms with Crippen LogP contribution in [-0.4, -0.2) is 18.5 Å². The molecule has 0 saturated carbocycles. The third-order valence-corrected chi connectivity index (χ3v) is 3.46. The lowest BCUT2D eigenvalue weighted by molar-refractivity contribution is -0.148. The number of carbonyl (C=O) groups excluding carboxylic acids is 2. The number of hydrogen-bond acceptors (Lipinski definition) is 3. The molecule has 0 radical (unpaired) electrons. The monoisotopic (exact) mass is 351 g/mol. The van der Waals surface area contributed by atoms with Gasteiger partial charge in [0, 0.05) is 11.6 Å². The zero-order chi connectivity index (χ0) is 18.4. The molecule has 0 aromatic heterocycles. The molecule has 2 rings (SSSR count). The van der Waals surface area contributed by atoms with Gasteiger partial charge in [0.05, 0.1) is 12.5 Å². The molecule has 0 saturated heterocycles. The summed E-state index contributed by atoms with van der Waals surface area (Å²) in [5, 5.41) is 2.43. The number of ether oxygens (including phenoxy) is 1. The molecular formula is C18H16F3NO3. The lowest BCUT2D eigenvalue weighted by Gasteiger charge is -2.15. The lowest BCUT2D eigenvalue weighted by atomic mass is 10.1. The number of benzene rings is 2. The van der Waals surface area contributed by atoms with Crippen LogP contribution in [0.25, 0.3) is 0 Å². The molecule has 0 unspecified atom stereocenters. The third-order valence-electron chi connectivity index (χ3n) is 3.46. The highest BCUT2D eigenvalue weighted by Gasteiger charge is 2.16. The number of esters is 1. The summed E-state index contributed by atoms with van der Waals surface area (Å²) in [6.45, 7) is 0.926. The SMILES string of the molecule is C[C@H](NC(=O)COC(=O)Cc1ccccc1F)c1ccc(F)cc1F. The van der Waals surface area contributed by atoms with Crippen LogP contribution in [0.4, 0.5) is 13.2 Å². The largest absolute Gasteiger partial charge is 0.455 e. The summed E-state index contributed by atoms with van der Waals surface area (Å²) in [4.78, 5) is 23.4. The molecular weight excluding hydrogens is 335 g/mol. The van der Waals surface area contributed by atoms with Crippen molar-refractivity contribution < 1.29 is 27.5 Å². The summed E-state index contributed by atoms with van der Waals surface area (Å²) in [6.07, 6.45) is -0.303. The van der Waals surface area contributed by atoms with Gasteiger partial charge < -0.3 is 10.1 Å². The first kappa shape index (κ1) is 18.5. The first-order chi connectivity index (χ1) is 11.9. The number of hydrogen-bond donors (Lipinski definition) is 1. The van der Waals surface area contributed by atoms with Gasteiger partial charge in [-0.2, -0.15) is 0 Å². The van der Waals surface area contributed by atoms with Gasteiger partial charge in [0.1, 0.15) is 17.5 Å². The molecule has 4 nitrogen and oxygen atoms in total. The van der Waals surface area contributed by atoms with Gasteiger partial charge in [-0.25, -0.2) is 13.2 Å². The van der Waals surface area contributed by atoms with Gasteiger partial charge in [-0.3, -0.25) is 9.59 Å². The average Bonchev–Trinajstić information content (AvgIpc) is 2.55. The van der Waals surface area contributed by atoms with Gasteiger partial charge in [-0.15, -0.1) is 0 Å². The van der Waals surface area contributed by atoms with E-state index in [2.05, 4.69) is 5.32 Å². The molecule has 1 amide bonds. The number of rotatable bonds is 6. The predicted octanol–water partition coefficient (Wildman–Crippen LogP) is 3.07. The lowest BCUT2D eigenvalue weighted by Crippen LogP contribution is -2.31. The maximum atomic E-state index is 13.6. The van der Waals surface area contributed by atoms with Gasteiger partial charge in [-0.1, -0.05) is 24.3 Å². The van der Waals surface area contributed by atoms with Crippen molar-refractivity contribution in [3.8, 4) is 0 Å². The Morgan fingerprint density at radius 1 is 1.08 bits per heavy atom. The van der Waals surface area contributed by atoms with Crippen LogP contribution in [-0.2, 0) is 20.7 Å². The van der Waals surface area contributed by atoms with E-state index in [1.807, 2.05) is 0 Å². The molecule has 2 aromatic carbocycles. The molecule has 0 bridgehead atoms. The van der Waals surface area contributed by atoms with Crippen LogP contribution in [0.5, 0.6) is 0 Å². The molecule has 2 aromatic rings. The van der Waals surface area contributed by atoms with Crippen molar-refractivity contribution in [1.29, 1.82) is 0 Å². The topological polar surface area (TPSA) is 55.4 Å². The van der Waals surface area contributed by atoms with E-state index in [1.165, 1.54) is 31.2 Å². The first-order valence-electron chi connectivity index (χ1n) is 7.50. The molecule has 1 atom stereocenters. The van der Waals surface area contributed by atoms with E-state index in [-0.39, 0.29) is 17.5 Å². The van der Waals surface area contributed by atoms with Crippen LogP contribution >= 0.6 is 0 Å². The molecule has 0 spiro atoms. The molecule has 132 valence electrons. The van der Waals surface area contributed by atoms with E-state index in [0.717, 1.165) is 6.07 Å². The van der Waals surface area contributed by atoms with Crippen LogP contribution in [0.2, 0.25) is 0 Å². The fourth-order valence-electron chi connectivity index (χ4n) is 2.21. The van der Waals surface area contributed by atoms with Gasteiger partial charge in [0.2, 0.25) is 0 Å². The minimum Gasteiger partial charge on any atom is -0.455 e. The van der Waals surface area contributed by atoms with E-state index in [0.29, 0.717) is 6.07 Å². The van der Waals surface area contributed by atoms with Crippen LogP contribution in [0.1, 0.15) is 24.1 Å². The van der Waals surface area contributed by atoms with Crippen molar-refractivity contribution >= 4 is 11.9 Å². The van der Waals surface area contributed by atoms with Gasteiger partial charge in [0.25, 0.3) is 5.91 Å². The zero-order valence-corrected chi connectivity index (χ0v) is 13.4. The average molecular weight is 351 g/mol. The van der Waals surface area contributed by atoms with Crippen LogP contribution in [0.15, 0.2) is 42.5 Å². The Hall–Kier alpha value is -2.83. The van der Waals surface area contributed by atoms with E-state index >= 15 is 0 Å². The van der Waals surface area contributed by atoms with E-state index < -0.39 is 42.0 Å². The minimum atomic E-state index is -0.788. The number of halogens is 3. The molecule has 1 N–H and O–H groups in total. The Labute approximate surface area is 142 Å². The smallest absolute Gasteiger partial charge is 0.310 e. The standard InChI is InChI=1S/C18H16F3NO3/c1-11(14-7-6-13(19)9-16(14)21)22-17(23)10-25-18(24)8-12-4-2-3-5-15(12)20/h2-7,9,11H,8,10H2,1H3,(H,22,23)/t11-/m0/s1. The van der Waals surface area contributed by atoms with Crippen LogP contribution in [0.3, 0.4) is 0 Å². The summed E-state index contributed by atoms with van der Waals surface area (Å²) in [5.41, 5.74) is 0.266. The number of nitrogens with one attached hydrogen (secondary N) is 1. The highest BCUT2D eigenvalue weighted by Crippen LogP contribution is 2.17. The fourth-order valence-corrected chi connectivity index (χ4v) is 2.21. The van der Waals surface area contributed by atoms with E-state index in [1.54, 1.807) is 6.07 Å². The molecule has 25 heavy (non-hydrogen) atoms. The molecule has 0 aliphatic carbocycles. The maximum absolute atomic E-state index is 13.6. The Balaban J connectivity index is 1.83. The second-order valence-electron chi connectivity index (χ2n) is 5.38. The molecule has 0 aliphatic heterocycles. The Morgan fingerprint density at radius 3 is 2.48 bits per heavy atom. The quantitative estimate of drug-likeness (QED) is 0.814. The zero-order valence-electron chi connectivity index (χ0n) is 13.4. The van der Waals surface area contributed by atoms with Crippen molar-refractivity contribution in [3.05, 3.63) is 71.0 Å². The summed E-state index contributed by atoms with van der Waals surface area (Å²) < 4.78 is 44.7. The minimum absolute atomic E-state index is 0.104. The third kappa shape index (κ3) is 5.34. The summed E-state index contributed by atoms with van der Waals surface area (Å²) in [5.74, 6) is -3.46. The van der Waals surface area contributed by atoms with Crippen LogP contribution < -0.4 is 5.32 Å². The van der Waals surface area contributed by atoms with Crippen molar-refractivity contribution in [2.45, 2.75) is 19.4 Å². The first-order valence-corrected chi connectivity index (χ1v) is 7.50.